The number of allylic oxidation sites excluding steroid dienone is 3. The molecule has 2 aliphatic heterocycles. The molecule has 2 saturated heterocycles. The molecule has 1 saturated carbocycles. The van der Waals surface area contributed by atoms with Crippen LogP contribution in [0.1, 0.15) is 271 Å². The predicted octanol–water partition coefficient (Wildman–Crippen LogP) is 9.35. The molecule has 3 fully saturated rings. The molecule has 556 valence electrons. The van der Waals surface area contributed by atoms with Gasteiger partial charge in [0.25, 0.3) is 0 Å². The second-order valence-corrected chi connectivity index (χ2v) is 27.8. The summed E-state index contributed by atoms with van der Waals surface area (Å²) in [5, 5.41) is 110. The van der Waals surface area contributed by atoms with E-state index in [-0.39, 0.29) is 12.8 Å². The molecule has 0 spiro atoms. The highest BCUT2D eigenvalue weighted by atomic mass is 31.2. The van der Waals surface area contributed by atoms with Crippen LogP contribution in [-0.4, -0.2) is 204 Å². The molecular formula is C70H127O24P. The Morgan fingerprint density at radius 3 is 1.22 bits per heavy atom. The molecule has 0 amide bonds. The Hall–Kier alpha value is -2.56. The summed E-state index contributed by atoms with van der Waals surface area (Å²) in [6, 6.07) is 0. The second-order valence-electron chi connectivity index (χ2n) is 26.4. The summed E-state index contributed by atoms with van der Waals surface area (Å²) in [5.74, 6) is -2.24. The van der Waals surface area contributed by atoms with Gasteiger partial charge in [0.1, 0.15) is 98.7 Å². The Balaban J connectivity index is 1.76. The fourth-order valence-electron chi connectivity index (χ4n) is 12.1. The van der Waals surface area contributed by atoms with Crippen molar-refractivity contribution in [1.82, 2.24) is 0 Å². The highest BCUT2D eigenvalue weighted by Crippen LogP contribution is 2.49. The van der Waals surface area contributed by atoms with Crippen molar-refractivity contribution in [1.29, 1.82) is 0 Å². The van der Waals surface area contributed by atoms with E-state index in [2.05, 4.69) is 20.8 Å². The number of rotatable bonds is 56. The third kappa shape index (κ3) is 36.1. The number of esters is 3. The van der Waals surface area contributed by atoms with Crippen LogP contribution in [0.2, 0.25) is 0 Å². The molecule has 3 aliphatic rings. The fourth-order valence-corrected chi connectivity index (χ4v) is 13.0. The maximum absolute atomic E-state index is 14.3. The minimum Gasteiger partial charge on any atom is -0.463 e. The van der Waals surface area contributed by atoms with Crippen molar-refractivity contribution < 1.29 is 117 Å². The Bertz CT molecular complexity index is 2070. The number of phosphoric acid groups is 1. The molecule has 25 heteroatoms. The fraction of sp³-hybridized carbons (Fsp3) is 0.900. The quantitative estimate of drug-likeness (QED) is 0.00674. The average molecular weight is 1380 g/mol. The lowest BCUT2D eigenvalue weighted by molar-refractivity contribution is -0.360. The standard InChI is InChI=1S/C70H127O24P/c1-4-7-10-13-16-19-22-24-26-28-31-34-37-40-43-46-56(74)89-51(48-86-54(72)44-41-38-35-32-29-21-18-15-12-9-6-3)49-88-95(84,85)94-68-66(92-69-64(82)59(77)57(75)52(47-71)90-69)62(80)61(79)63(81)67(68)93-70-65(83)60(78)58(76)53(91-70)50-87-55(73)45-42-39-36-33-30-27-25-23-20-17-14-11-8-5-2/h37,40,43,46,51-53,57-71,75-83H,4-36,38-39,41-42,44-45,47-50H2,1-3H3,(H,84,85)/b40-37+,46-43+. The van der Waals surface area contributed by atoms with Gasteiger partial charge in [0, 0.05) is 18.9 Å². The first-order valence-electron chi connectivity index (χ1n) is 36.7. The maximum atomic E-state index is 14.3. The summed E-state index contributed by atoms with van der Waals surface area (Å²) >= 11 is 0. The van der Waals surface area contributed by atoms with Gasteiger partial charge in [0.15, 0.2) is 18.7 Å². The van der Waals surface area contributed by atoms with Crippen LogP contribution in [-0.2, 0) is 61.2 Å². The number of carbonyl (C=O) groups excluding carboxylic acids is 3. The van der Waals surface area contributed by atoms with Gasteiger partial charge in [-0.25, -0.2) is 9.36 Å². The molecule has 24 nitrogen and oxygen atoms in total. The Labute approximate surface area is 566 Å². The van der Waals surface area contributed by atoms with Gasteiger partial charge >= 0.3 is 25.7 Å². The van der Waals surface area contributed by atoms with Crippen LogP contribution >= 0.6 is 7.82 Å². The molecule has 3 rings (SSSR count). The molecule has 0 aromatic rings. The Morgan fingerprint density at radius 1 is 0.432 bits per heavy atom. The highest BCUT2D eigenvalue weighted by Gasteiger charge is 2.58. The number of unbranched alkanes of at least 4 members (excludes halogenated alkanes) is 34. The number of hydrogen-bond donors (Lipinski definition) is 11. The zero-order valence-corrected chi connectivity index (χ0v) is 58.6. The summed E-state index contributed by atoms with van der Waals surface area (Å²) in [6.07, 6.45) is 11.9. The van der Waals surface area contributed by atoms with Gasteiger partial charge in [-0.1, -0.05) is 251 Å². The smallest absolute Gasteiger partial charge is 0.463 e. The van der Waals surface area contributed by atoms with E-state index in [1.54, 1.807) is 6.08 Å². The van der Waals surface area contributed by atoms with Gasteiger partial charge in [0.05, 0.1) is 13.2 Å². The van der Waals surface area contributed by atoms with E-state index >= 15 is 0 Å². The largest absolute Gasteiger partial charge is 0.472 e. The predicted molar refractivity (Wildman–Crippen MR) is 356 cm³/mol. The highest BCUT2D eigenvalue weighted by molar-refractivity contribution is 7.47. The van der Waals surface area contributed by atoms with Crippen LogP contribution in [0.5, 0.6) is 0 Å². The number of aliphatic hydroxyl groups excluding tert-OH is 10. The van der Waals surface area contributed by atoms with Crippen molar-refractivity contribution in [2.24, 2.45) is 0 Å². The molecule has 0 aromatic carbocycles. The van der Waals surface area contributed by atoms with Crippen molar-refractivity contribution >= 4 is 25.7 Å². The van der Waals surface area contributed by atoms with E-state index in [1.807, 2.05) is 6.08 Å². The molecule has 0 bridgehead atoms. The lowest BCUT2D eigenvalue weighted by Crippen LogP contribution is -2.69. The summed E-state index contributed by atoms with van der Waals surface area (Å²) in [6.45, 7) is 3.32. The molecule has 18 atom stereocenters. The third-order valence-corrected chi connectivity index (χ3v) is 19.1. The lowest BCUT2D eigenvalue weighted by atomic mass is 9.84. The van der Waals surface area contributed by atoms with Crippen LogP contribution in [0.15, 0.2) is 24.3 Å². The van der Waals surface area contributed by atoms with Gasteiger partial charge in [-0.2, -0.15) is 0 Å². The van der Waals surface area contributed by atoms with Gasteiger partial charge in [-0.15, -0.1) is 0 Å². The van der Waals surface area contributed by atoms with E-state index in [1.165, 1.54) is 141 Å². The van der Waals surface area contributed by atoms with E-state index in [4.69, 9.17) is 42.2 Å². The monoisotopic (exact) mass is 1380 g/mol. The first kappa shape index (κ1) is 86.7. The number of aliphatic hydroxyl groups is 10. The van der Waals surface area contributed by atoms with Gasteiger partial charge < -0.3 is 89.1 Å². The summed E-state index contributed by atoms with van der Waals surface area (Å²) in [5.41, 5.74) is 0. The van der Waals surface area contributed by atoms with Gasteiger partial charge in [-0.05, 0) is 25.7 Å². The van der Waals surface area contributed by atoms with Crippen LogP contribution in [0.4, 0.5) is 0 Å². The van der Waals surface area contributed by atoms with Crippen LogP contribution in [0.3, 0.4) is 0 Å². The number of ether oxygens (including phenoxy) is 7. The van der Waals surface area contributed by atoms with Crippen molar-refractivity contribution in [3.8, 4) is 0 Å². The zero-order chi connectivity index (χ0) is 69.6. The van der Waals surface area contributed by atoms with Gasteiger partial charge in [-0.3, -0.25) is 18.6 Å². The molecule has 11 N–H and O–H groups in total. The average Bonchev–Trinajstić information content (AvgIpc) is 0.764. The van der Waals surface area contributed by atoms with E-state index in [9.17, 15) is 74.9 Å². The second kappa shape index (κ2) is 52.4. The first-order valence-corrected chi connectivity index (χ1v) is 38.2. The summed E-state index contributed by atoms with van der Waals surface area (Å²) < 4.78 is 64.7. The third-order valence-electron chi connectivity index (χ3n) is 18.1. The first-order chi connectivity index (χ1) is 45.8. The number of phosphoric ester groups is 1. The molecule has 2 heterocycles. The Morgan fingerprint density at radius 2 is 0.800 bits per heavy atom. The van der Waals surface area contributed by atoms with Crippen LogP contribution in [0.25, 0.3) is 0 Å². The minimum atomic E-state index is -5.72. The molecule has 1 aliphatic carbocycles. The molecule has 0 aromatic heterocycles. The van der Waals surface area contributed by atoms with Crippen molar-refractivity contribution in [3.63, 3.8) is 0 Å². The molecule has 18 unspecified atom stereocenters. The SMILES string of the molecule is CCCCCCCCCCCCC/C=C/C=C/C(=O)OC(COC(=O)CCCCCCCCCCCCC)COP(=O)(O)OC1C(OC2OC(CO)C(O)C(O)C2O)C(O)C(O)C(O)C1OC1OC(COC(=O)CCCCCCCCCCCCCCCC)C(O)C(O)C1O. The summed E-state index contributed by atoms with van der Waals surface area (Å²) in [7, 11) is -5.72. The van der Waals surface area contributed by atoms with Crippen LogP contribution < -0.4 is 0 Å². The number of hydrogen-bond acceptors (Lipinski definition) is 23. The topological polar surface area (TPSA) is 374 Å². The lowest BCUT2D eigenvalue weighted by Gasteiger charge is -2.49. The van der Waals surface area contributed by atoms with E-state index in [0.29, 0.717) is 12.8 Å². The van der Waals surface area contributed by atoms with Crippen molar-refractivity contribution in [2.45, 2.75) is 375 Å². The Kier molecular flexibility index (Phi) is 47.8. The molecule has 0 radical (unpaired) electrons. The van der Waals surface area contributed by atoms with Crippen molar-refractivity contribution in [2.75, 3.05) is 26.4 Å². The summed E-state index contributed by atoms with van der Waals surface area (Å²) in [4.78, 5) is 50.7. The number of carbonyl (C=O) groups is 3. The van der Waals surface area contributed by atoms with Crippen LogP contribution in [0, 0.1) is 0 Å². The van der Waals surface area contributed by atoms with E-state index in [0.717, 1.165) is 96.0 Å². The maximum Gasteiger partial charge on any atom is 0.472 e. The van der Waals surface area contributed by atoms with E-state index < -0.39 is 156 Å². The van der Waals surface area contributed by atoms with Crippen molar-refractivity contribution in [3.05, 3.63) is 24.3 Å². The minimum absolute atomic E-state index is 0.0280. The van der Waals surface area contributed by atoms with Gasteiger partial charge in [0.2, 0.25) is 0 Å². The molecule has 95 heavy (non-hydrogen) atoms. The zero-order valence-electron chi connectivity index (χ0n) is 57.7. The molecular weight excluding hydrogens is 1260 g/mol. The normalized spacial score (nSPS) is 28.2.